The van der Waals surface area contributed by atoms with Crippen LogP contribution in [0.15, 0.2) is 12.8 Å². The summed E-state index contributed by atoms with van der Waals surface area (Å²) in [5, 5.41) is 0. The van der Waals surface area contributed by atoms with Crippen LogP contribution >= 0.6 is 0 Å². The number of Topliss-reactive ketones (excluding diaryl/α,β-unsaturated/α-hetero) is 1. The molecular formula is C16H28O4. The summed E-state index contributed by atoms with van der Waals surface area (Å²) in [5.74, 6) is -0.575. The van der Waals surface area contributed by atoms with Crippen LogP contribution in [0.4, 0.5) is 0 Å². The highest BCUT2D eigenvalue weighted by Gasteiger charge is 2.40. The van der Waals surface area contributed by atoms with Gasteiger partial charge in [-0.2, -0.15) is 0 Å². The lowest BCUT2D eigenvalue weighted by Crippen LogP contribution is -2.40. The van der Waals surface area contributed by atoms with Gasteiger partial charge in [0.2, 0.25) is 0 Å². The lowest BCUT2D eigenvalue weighted by Gasteiger charge is -2.29. The second-order valence-corrected chi connectivity index (χ2v) is 6.24. The predicted molar refractivity (Wildman–Crippen MR) is 79.3 cm³/mol. The molecule has 1 atom stereocenters. The number of hydrogen-bond acceptors (Lipinski definition) is 4. The Kier molecular flexibility index (Phi) is 7.54. The molecule has 0 rings (SSSR count). The molecule has 0 saturated carbocycles. The Morgan fingerprint density at radius 2 is 1.70 bits per heavy atom. The molecule has 0 aliphatic rings. The number of hydrogen-bond donors (Lipinski definition) is 0. The van der Waals surface area contributed by atoms with Gasteiger partial charge in [0.15, 0.2) is 0 Å². The Morgan fingerprint density at radius 3 is 2.15 bits per heavy atom. The van der Waals surface area contributed by atoms with Gasteiger partial charge in [0, 0.05) is 0 Å². The van der Waals surface area contributed by atoms with Crippen molar-refractivity contribution in [1.82, 2.24) is 0 Å². The van der Waals surface area contributed by atoms with Gasteiger partial charge in [-0.05, 0) is 47.5 Å². The molecule has 0 radical (unpaired) electrons. The molecule has 116 valence electrons. The molecule has 1 unspecified atom stereocenters. The van der Waals surface area contributed by atoms with Crippen molar-refractivity contribution in [2.75, 3.05) is 6.61 Å². The summed E-state index contributed by atoms with van der Waals surface area (Å²) in [4.78, 5) is 24.0. The third-order valence-corrected chi connectivity index (χ3v) is 3.18. The topological polar surface area (TPSA) is 52.6 Å². The summed E-state index contributed by atoms with van der Waals surface area (Å²) in [5.41, 5.74) is -1.63. The molecule has 0 aromatic carbocycles. The Hall–Kier alpha value is -1.32. The van der Waals surface area contributed by atoms with Crippen LogP contribution in [0.5, 0.6) is 0 Å². The Morgan fingerprint density at radius 1 is 1.10 bits per heavy atom. The maximum atomic E-state index is 12.2. The van der Waals surface area contributed by atoms with Crippen LogP contribution in [0.3, 0.4) is 0 Å². The normalized spacial score (nSPS) is 14.2. The van der Waals surface area contributed by atoms with Gasteiger partial charge >= 0.3 is 5.97 Å². The Balaban J connectivity index is 4.42. The first kappa shape index (κ1) is 18.7. The zero-order valence-corrected chi connectivity index (χ0v) is 13.5. The smallest absolute Gasteiger partial charge is 0.319 e. The average molecular weight is 284 g/mol. The molecule has 0 aromatic heterocycles. The number of rotatable bonds is 9. The van der Waals surface area contributed by atoms with Crippen molar-refractivity contribution in [3.8, 4) is 0 Å². The number of ketones is 1. The van der Waals surface area contributed by atoms with E-state index >= 15 is 0 Å². The number of ether oxygens (including phenoxy) is 2. The lowest BCUT2D eigenvalue weighted by atomic mass is 9.81. The fourth-order valence-electron chi connectivity index (χ4n) is 1.74. The molecule has 0 spiro atoms. The average Bonchev–Trinajstić information content (AvgIpc) is 2.30. The van der Waals surface area contributed by atoms with Crippen molar-refractivity contribution in [1.29, 1.82) is 0 Å². The van der Waals surface area contributed by atoms with E-state index in [1.165, 1.54) is 13.2 Å². The molecule has 4 heteroatoms. The van der Waals surface area contributed by atoms with E-state index in [-0.39, 0.29) is 5.78 Å². The summed E-state index contributed by atoms with van der Waals surface area (Å²) < 4.78 is 10.4. The maximum absolute atomic E-state index is 12.2. The second kappa shape index (κ2) is 8.08. The van der Waals surface area contributed by atoms with Crippen LogP contribution in [-0.4, -0.2) is 24.0 Å². The monoisotopic (exact) mass is 284 g/mol. The third kappa shape index (κ3) is 6.73. The summed E-state index contributed by atoms with van der Waals surface area (Å²) in [7, 11) is 0. The molecular weight excluding hydrogens is 256 g/mol. The minimum Gasteiger partial charge on any atom is -0.502 e. The minimum absolute atomic E-state index is 0.144. The first-order valence-electron chi connectivity index (χ1n) is 7.10. The van der Waals surface area contributed by atoms with E-state index in [0.29, 0.717) is 13.0 Å². The van der Waals surface area contributed by atoms with Crippen molar-refractivity contribution in [2.24, 2.45) is 5.41 Å². The maximum Gasteiger partial charge on any atom is 0.319 e. The minimum atomic E-state index is -1.05. The first-order chi connectivity index (χ1) is 9.13. The molecule has 0 fully saturated rings. The zero-order valence-electron chi connectivity index (χ0n) is 13.5. The van der Waals surface area contributed by atoms with Gasteiger partial charge in [0.1, 0.15) is 16.8 Å². The van der Waals surface area contributed by atoms with Crippen LogP contribution in [0, 0.1) is 5.41 Å². The van der Waals surface area contributed by atoms with Crippen molar-refractivity contribution in [3.05, 3.63) is 12.8 Å². The van der Waals surface area contributed by atoms with Crippen molar-refractivity contribution in [3.63, 3.8) is 0 Å². The summed E-state index contributed by atoms with van der Waals surface area (Å²) >= 11 is 0. The molecule has 20 heavy (non-hydrogen) atoms. The van der Waals surface area contributed by atoms with Crippen LogP contribution < -0.4 is 0 Å². The van der Waals surface area contributed by atoms with E-state index in [1.807, 2.05) is 0 Å². The summed E-state index contributed by atoms with van der Waals surface area (Å²) in [6.45, 7) is 12.6. The van der Waals surface area contributed by atoms with E-state index in [1.54, 1.807) is 27.7 Å². The van der Waals surface area contributed by atoms with Gasteiger partial charge in [0.05, 0.1) is 12.9 Å². The van der Waals surface area contributed by atoms with Crippen LogP contribution in [0.2, 0.25) is 0 Å². The van der Waals surface area contributed by atoms with E-state index in [9.17, 15) is 9.59 Å². The second-order valence-electron chi connectivity index (χ2n) is 6.24. The fraction of sp³-hybridized carbons (Fsp3) is 0.750. The third-order valence-electron chi connectivity index (χ3n) is 3.18. The summed E-state index contributed by atoms with van der Waals surface area (Å²) in [6.07, 6.45) is 4.50. The number of esters is 1. The van der Waals surface area contributed by atoms with Gasteiger partial charge in [0.25, 0.3) is 0 Å². The number of carbonyl (C=O) groups excluding carboxylic acids is 2. The highest BCUT2D eigenvalue weighted by molar-refractivity contribution is 6.02. The molecule has 0 N–H and O–H groups in total. The molecule has 0 heterocycles. The Bertz CT molecular complexity index is 341. The highest BCUT2D eigenvalue weighted by atomic mass is 16.6. The van der Waals surface area contributed by atoms with Crippen LogP contribution in [-0.2, 0) is 19.1 Å². The van der Waals surface area contributed by atoms with Crippen molar-refractivity contribution in [2.45, 2.75) is 65.9 Å². The summed E-state index contributed by atoms with van der Waals surface area (Å²) in [6, 6.07) is 0. The number of carbonyl (C=O) groups is 2. The predicted octanol–water partition coefficient (Wildman–Crippen LogP) is 3.64. The van der Waals surface area contributed by atoms with Crippen LogP contribution in [0.1, 0.15) is 60.3 Å². The van der Waals surface area contributed by atoms with Gasteiger partial charge in [-0.1, -0.05) is 19.4 Å². The van der Waals surface area contributed by atoms with Crippen LogP contribution in [0.25, 0.3) is 0 Å². The quantitative estimate of drug-likeness (QED) is 0.281. The molecule has 0 aliphatic heterocycles. The van der Waals surface area contributed by atoms with Crippen molar-refractivity contribution >= 4 is 11.8 Å². The SMILES string of the molecule is C=COCCCCCC(C)(C(C)=O)C(=O)OC(C)(C)C. The molecule has 0 bridgehead atoms. The molecule has 0 saturated heterocycles. The fourth-order valence-corrected chi connectivity index (χ4v) is 1.74. The molecule has 0 aliphatic carbocycles. The van der Waals surface area contributed by atoms with E-state index in [0.717, 1.165) is 19.3 Å². The molecule has 0 aromatic rings. The van der Waals surface area contributed by atoms with Crippen molar-refractivity contribution < 1.29 is 19.1 Å². The van der Waals surface area contributed by atoms with Gasteiger partial charge < -0.3 is 9.47 Å². The van der Waals surface area contributed by atoms with Gasteiger partial charge in [-0.15, -0.1) is 0 Å². The van der Waals surface area contributed by atoms with E-state index in [4.69, 9.17) is 9.47 Å². The molecule has 4 nitrogen and oxygen atoms in total. The van der Waals surface area contributed by atoms with E-state index in [2.05, 4.69) is 6.58 Å². The number of unbranched alkanes of at least 4 members (excludes halogenated alkanes) is 2. The largest absolute Gasteiger partial charge is 0.502 e. The van der Waals surface area contributed by atoms with Gasteiger partial charge in [-0.25, -0.2) is 0 Å². The lowest BCUT2D eigenvalue weighted by molar-refractivity contribution is -0.169. The standard InChI is InChI=1S/C16H28O4/c1-7-19-12-10-8-9-11-16(6,13(2)17)14(18)20-15(3,4)5/h7H,1,8-12H2,2-6H3. The van der Waals surface area contributed by atoms with E-state index < -0.39 is 17.0 Å². The molecule has 0 amide bonds. The highest BCUT2D eigenvalue weighted by Crippen LogP contribution is 2.29. The van der Waals surface area contributed by atoms with Gasteiger partial charge in [-0.3, -0.25) is 9.59 Å². The first-order valence-corrected chi connectivity index (χ1v) is 7.10. The zero-order chi connectivity index (χ0) is 15.8. The Labute approximate surface area is 122 Å².